The van der Waals surface area contributed by atoms with E-state index in [-0.39, 0.29) is 68.0 Å². The van der Waals surface area contributed by atoms with Gasteiger partial charge in [0.1, 0.15) is 11.3 Å². The van der Waals surface area contributed by atoms with Crippen molar-refractivity contribution in [1.82, 2.24) is 0 Å². The van der Waals surface area contributed by atoms with Crippen LogP contribution in [0, 0.1) is 17.8 Å². The zero-order valence-corrected chi connectivity index (χ0v) is 38.0. The zero-order chi connectivity index (χ0) is 46.0. The van der Waals surface area contributed by atoms with Crippen LogP contribution >= 0.6 is 0 Å². The van der Waals surface area contributed by atoms with Crippen molar-refractivity contribution in [2.75, 3.05) is 26.9 Å². The first kappa shape index (κ1) is 45.2. The predicted molar refractivity (Wildman–Crippen MR) is 250 cm³/mol. The molecule has 1 aliphatic carbocycles. The highest BCUT2D eigenvalue weighted by molar-refractivity contribution is 5.90. The van der Waals surface area contributed by atoms with Crippen LogP contribution in [0.3, 0.4) is 0 Å². The third kappa shape index (κ3) is 9.22. The monoisotopic (exact) mass is 890 g/mol. The van der Waals surface area contributed by atoms with E-state index in [2.05, 4.69) is 78.6 Å². The fourth-order valence-electron chi connectivity index (χ4n) is 10.9. The maximum atomic E-state index is 15.0. The molecule has 1 saturated carbocycles. The number of carbonyl (C=O) groups is 2. The van der Waals surface area contributed by atoms with Crippen LogP contribution in [-0.4, -0.2) is 60.8 Å². The summed E-state index contributed by atoms with van der Waals surface area (Å²) in [5, 5.41) is 20.8. The highest BCUT2D eigenvalue weighted by atomic mass is 16.6. The van der Waals surface area contributed by atoms with Crippen LogP contribution in [-0.2, 0) is 43.1 Å². The molecule has 9 rings (SSSR count). The van der Waals surface area contributed by atoms with Crippen LogP contribution in [0.25, 0.3) is 11.0 Å². The third-order valence-electron chi connectivity index (χ3n) is 14.4. The molecule has 2 N–H and O–H groups in total. The van der Waals surface area contributed by atoms with Gasteiger partial charge in [-0.2, -0.15) is 0 Å². The van der Waals surface area contributed by atoms with E-state index >= 15 is 4.79 Å². The summed E-state index contributed by atoms with van der Waals surface area (Å²) in [6.07, 6.45) is 2.69. The van der Waals surface area contributed by atoms with Gasteiger partial charge in [-0.15, -0.1) is 0 Å². The van der Waals surface area contributed by atoms with Crippen LogP contribution in [0.2, 0.25) is 0 Å². The number of methoxy groups -OCH3 is 1. The summed E-state index contributed by atoms with van der Waals surface area (Å²) in [7, 11) is 1.54. The van der Waals surface area contributed by atoms with Gasteiger partial charge in [-0.05, 0) is 134 Å². The molecule has 1 fully saturated rings. The van der Waals surface area contributed by atoms with E-state index in [9.17, 15) is 19.8 Å². The molecule has 1 aromatic heterocycles. The molecule has 4 heterocycles. The Bertz CT molecular complexity index is 2770. The zero-order valence-electron chi connectivity index (χ0n) is 38.0. The van der Waals surface area contributed by atoms with E-state index < -0.39 is 41.3 Å². The molecule has 10 nitrogen and oxygen atoms in total. The van der Waals surface area contributed by atoms with Crippen LogP contribution in [0.1, 0.15) is 127 Å². The van der Waals surface area contributed by atoms with Crippen molar-refractivity contribution in [3.8, 4) is 17.6 Å². The van der Waals surface area contributed by atoms with Crippen LogP contribution in [0.15, 0.2) is 111 Å². The van der Waals surface area contributed by atoms with E-state index in [1.165, 1.54) is 29.4 Å². The minimum atomic E-state index is -1.33. The maximum absolute atomic E-state index is 15.0. The fraction of sp³-hybridized carbons (Fsp3) is 0.411. The molecule has 5 aromatic rings. The molecule has 4 aliphatic rings. The summed E-state index contributed by atoms with van der Waals surface area (Å²) >= 11 is 0. The predicted octanol–water partition coefficient (Wildman–Crippen LogP) is 9.11. The number of hydrogen-bond acceptors (Lipinski definition) is 10. The lowest BCUT2D eigenvalue weighted by atomic mass is 9.67. The van der Waals surface area contributed by atoms with Crippen LogP contribution < -0.4 is 10.4 Å². The van der Waals surface area contributed by atoms with Crippen molar-refractivity contribution < 1.29 is 43.2 Å². The third-order valence-corrected chi connectivity index (χ3v) is 14.4. The molecule has 0 radical (unpaired) electrons. The van der Waals surface area contributed by atoms with Gasteiger partial charge in [-0.3, -0.25) is 4.79 Å². The molecule has 4 aromatic carbocycles. The van der Waals surface area contributed by atoms with Gasteiger partial charge in [0.15, 0.2) is 17.8 Å². The Morgan fingerprint density at radius 2 is 1.74 bits per heavy atom. The van der Waals surface area contributed by atoms with Gasteiger partial charge in [0.25, 0.3) is 0 Å². The normalized spacial score (nSPS) is 25.1. The highest BCUT2D eigenvalue weighted by Gasteiger charge is 2.53. The Morgan fingerprint density at radius 3 is 2.55 bits per heavy atom. The molecule has 7 atom stereocenters. The summed E-state index contributed by atoms with van der Waals surface area (Å²) in [6, 6.07) is 31.1. The van der Waals surface area contributed by atoms with E-state index in [0.717, 1.165) is 36.8 Å². The number of carbonyl (C=O) groups excluding carboxylic acids is 2. The maximum Gasteiger partial charge on any atom is 0.339 e. The van der Waals surface area contributed by atoms with Gasteiger partial charge in [0.2, 0.25) is 0 Å². The van der Waals surface area contributed by atoms with E-state index in [0.29, 0.717) is 47.1 Å². The van der Waals surface area contributed by atoms with Crippen molar-refractivity contribution in [3.63, 3.8) is 0 Å². The molecular formula is C56H58O10. The van der Waals surface area contributed by atoms with Gasteiger partial charge in [0.05, 0.1) is 25.2 Å². The summed E-state index contributed by atoms with van der Waals surface area (Å²) in [5.74, 6) is 5.73. The van der Waals surface area contributed by atoms with Crippen molar-refractivity contribution in [2.24, 2.45) is 5.92 Å². The van der Waals surface area contributed by atoms with Gasteiger partial charge >= 0.3 is 17.6 Å². The number of benzene rings is 4. The van der Waals surface area contributed by atoms with Crippen LogP contribution in [0.4, 0.5) is 0 Å². The Labute approximate surface area is 385 Å². The van der Waals surface area contributed by atoms with Crippen LogP contribution in [0.5, 0.6) is 5.75 Å². The number of ether oxygens (including phenoxy) is 4. The van der Waals surface area contributed by atoms with E-state index in [4.69, 9.17) is 23.4 Å². The summed E-state index contributed by atoms with van der Waals surface area (Å²) in [6.45, 7) is 3.21. The smallest absolute Gasteiger partial charge is 0.339 e. The molecule has 10 heteroatoms. The number of rotatable bonds is 9. The highest BCUT2D eigenvalue weighted by Crippen LogP contribution is 2.51. The minimum Gasteiger partial charge on any atom is -0.482 e. The quantitative estimate of drug-likeness (QED) is 0.0637. The SMILES string of the molecule is COC[C@@H](CCO)c1cc2ccc3c(c2oc1=O)[C@H]1OC(=O)C[C@H]2C[C@@H](c4cccc(Cc5ccccc5)c4)CC[C@@H]2c2ccc4cc2CC#CC[C@@](C)(O3)[C@H]1OC(=O)/C(=C(/C)CO)CC4. The van der Waals surface area contributed by atoms with Crippen molar-refractivity contribution >= 4 is 22.9 Å². The number of esters is 2. The first-order valence-electron chi connectivity index (χ1n) is 23.3. The number of hydrogen-bond donors (Lipinski definition) is 2. The lowest BCUT2D eigenvalue weighted by molar-refractivity contribution is -0.190. The van der Waals surface area contributed by atoms with Gasteiger partial charge in [0, 0.05) is 49.0 Å². The van der Waals surface area contributed by atoms with E-state index in [1.54, 1.807) is 32.0 Å². The topological polar surface area (TPSA) is 142 Å². The molecule has 342 valence electrons. The molecule has 0 amide bonds. The number of fused-ring (bicyclic) bond motifs is 9. The largest absolute Gasteiger partial charge is 0.482 e. The average Bonchev–Trinajstić information content (AvgIpc) is 3.31. The summed E-state index contributed by atoms with van der Waals surface area (Å²) in [4.78, 5) is 43.5. The summed E-state index contributed by atoms with van der Waals surface area (Å²) in [5.41, 5.74) is 6.67. The van der Waals surface area contributed by atoms with Gasteiger partial charge in [-0.25, -0.2) is 9.59 Å². The molecule has 5 bridgehead atoms. The standard InChI is InChI=1S/C56H58O10/c1-34(32-58)44-19-15-36-16-20-45-40(27-36)13-7-8-24-56(2)53(65-54(44)60)52(50-48(66-56)22-18-41-30-47(55(61)64-51(41)50)42(23-25-57)33-62-3)63-49(59)31-43-29-39(17-21-46(43)45)38-14-9-12-37(28-38)26-35-10-5-4-6-11-35/h4-6,9-12,14,16,18,20,22,27-28,30,39,42-43,46,52-53,57-58H,13,15,17,19,21,23-26,29,31-33H2,1-3H3/b44-34-/t39-,42+,43+,46-,52+,53-,56+/m0/s1. The molecule has 3 aliphatic heterocycles. The molecule has 0 unspecified atom stereocenters. The number of aryl methyl sites for hydroxylation is 1. The Morgan fingerprint density at radius 1 is 0.909 bits per heavy atom. The van der Waals surface area contributed by atoms with Crippen molar-refractivity contribution in [1.29, 1.82) is 0 Å². The van der Waals surface area contributed by atoms with Gasteiger partial charge in [-0.1, -0.05) is 84.6 Å². The van der Waals surface area contributed by atoms with Gasteiger partial charge < -0.3 is 33.6 Å². The molecule has 0 saturated heterocycles. The molecule has 0 spiro atoms. The first-order chi connectivity index (χ1) is 32.0. The molecular weight excluding hydrogens is 833 g/mol. The average molecular weight is 891 g/mol. The Balaban J connectivity index is 1.18. The van der Waals surface area contributed by atoms with Crippen molar-refractivity contribution in [2.45, 2.75) is 114 Å². The first-order valence-corrected chi connectivity index (χ1v) is 23.3. The lowest BCUT2D eigenvalue weighted by Gasteiger charge is -2.45. The second kappa shape index (κ2) is 19.5. The van der Waals surface area contributed by atoms with Crippen molar-refractivity contribution in [3.05, 3.63) is 157 Å². The molecule has 66 heavy (non-hydrogen) atoms. The fourth-order valence-corrected chi connectivity index (χ4v) is 10.9. The number of aliphatic hydroxyl groups excluding tert-OH is 2. The second-order valence-corrected chi connectivity index (χ2v) is 18.8. The summed E-state index contributed by atoms with van der Waals surface area (Å²) < 4.78 is 31.7. The lowest BCUT2D eigenvalue weighted by Crippen LogP contribution is -2.54. The Kier molecular flexibility index (Phi) is 13.3. The number of aliphatic hydroxyl groups is 2. The van der Waals surface area contributed by atoms with E-state index in [1.807, 2.05) is 6.07 Å². The minimum absolute atomic E-state index is 0.0483. The second-order valence-electron chi connectivity index (χ2n) is 18.8. The Hall–Kier alpha value is -5.99.